The first-order valence-corrected chi connectivity index (χ1v) is 6.55. The summed E-state index contributed by atoms with van der Waals surface area (Å²) < 4.78 is 5.20. The molecule has 110 valence electrons. The van der Waals surface area contributed by atoms with Crippen LogP contribution in [-0.4, -0.2) is 20.9 Å². The number of nitrogens with zero attached hydrogens (tertiary/aromatic N) is 2. The zero-order valence-corrected chi connectivity index (χ0v) is 11.4. The van der Waals surface area contributed by atoms with Crippen LogP contribution in [0.1, 0.15) is 16.1 Å². The van der Waals surface area contributed by atoms with Gasteiger partial charge in [0.05, 0.1) is 12.0 Å². The van der Waals surface area contributed by atoms with E-state index in [1.54, 1.807) is 30.6 Å². The number of rotatable bonds is 4. The molecule has 0 radical (unpaired) electrons. The molecule has 7 nitrogen and oxygen atoms in total. The smallest absolute Gasteiger partial charge is 0.346 e. The van der Waals surface area contributed by atoms with Crippen LogP contribution in [0.3, 0.4) is 0 Å². The summed E-state index contributed by atoms with van der Waals surface area (Å²) >= 11 is 0. The standard InChI is InChI=1S/C15H12N4O3/c20-14(17-9-10-3-1-5-16-8-10)12-7-11(18-15(21)19-12)13-4-2-6-22-13/h1-8H,9H2,(H,17,20)(H,18,19,21). The van der Waals surface area contributed by atoms with E-state index in [2.05, 4.69) is 20.3 Å². The molecule has 3 rings (SSSR count). The molecule has 0 fully saturated rings. The summed E-state index contributed by atoms with van der Waals surface area (Å²) in [6, 6.07) is 8.46. The van der Waals surface area contributed by atoms with Gasteiger partial charge in [-0.15, -0.1) is 0 Å². The quantitative estimate of drug-likeness (QED) is 0.757. The molecular formula is C15H12N4O3. The number of H-pyrrole nitrogens is 1. The highest BCUT2D eigenvalue weighted by Gasteiger charge is 2.12. The number of nitrogens with one attached hydrogen (secondary N) is 2. The van der Waals surface area contributed by atoms with Gasteiger partial charge in [0.1, 0.15) is 11.5 Å². The van der Waals surface area contributed by atoms with Crippen molar-refractivity contribution in [2.45, 2.75) is 6.54 Å². The van der Waals surface area contributed by atoms with Gasteiger partial charge in [-0.25, -0.2) is 4.79 Å². The predicted molar refractivity (Wildman–Crippen MR) is 78.0 cm³/mol. The molecular weight excluding hydrogens is 284 g/mol. The van der Waals surface area contributed by atoms with E-state index in [0.717, 1.165) is 5.56 Å². The SMILES string of the molecule is O=C(NCc1cccnc1)c1cc(-c2ccco2)[nH]c(=O)n1. The van der Waals surface area contributed by atoms with E-state index in [9.17, 15) is 9.59 Å². The number of carbonyl (C=O) groups excluding carboxylic acids is 1. The second-order valence-electron chi connectivity index (χ2n) is 4.51. The van der Waals surface area contributed by atoms with Gasteiger partial charge in [-0.3, -0.25) is 9.78 Å². The van der Waals surface area contributed by atoms with Gasteiger partial charge < -0.3 is 14.7 Å². The van der Waals surface area contributed by atoms with Gasteiger partial charge in [-0.2, -0.15) is 4.98 Å². The topological polar surface area (TPSA) is 101 Å². The van der Waals surface area contributed by atoms with Crippen LogP contribution in [0.2, 0.25) is 0 Å². The van der Waals surface area contributed by atoms with E-state index in [-0.39, 0.29) is 5.69 Å². The average molecular weight is 296 g/mol. The summed E-state index contributed by atoms with van der Waals surface area (Å²) in [5.74, 6) is 0.0172. The first-order valence-electron chi connectivity index (χ1n) is 6.55. The van der Waals surface area contributed by atoms with E-state index in [1.165, 1.54) is 12.3 Å². The third-order valence-corrected chi connectivity index (χ3v) is 2.94. The largest absolute Gasteiger partial charge is 0.463 e. The van der Waals surface area contributed by atoms with E-state index in [0.29, 0.717) is 18.0 Å². The molecule has 0 saturated carbocycles. The molecule has 0 aliphatic carbocycles. The first-order chi connectivity index (χ1) is 10.7. The zero-order chi connectivity index (χ0) is 15.4. The van der Waals surface area contributed by atoms with Crippen LogP contribution in [0.5, 0.6) is 0 Å². The zero-order valence-electron chi connectivity index (χ0n) is 11.4. The van der Waals surface area contributed by atoms with Crippen molar-refractivity contribution in [3.8, 4) is 11.5 Å². The van der Waals surface area contributed by atoms with Crippen LogP contribution in [-0.2, 0) is 6.54 Å². The van der Waals surface area contributed by atoms with Gasteiger partial charge in [0, 0.05) is 18.9 Å². The fraction of sp³-hybridized carbons (Fsp3) is 0.0667. The van der Waals surface area contributed by atoms with Crippen LogP contribution in [0, 0.1) is 0 Å². The third-order valence-electron chi connectivity index (χ3n) is 2.94. The molecule has 0 atom stereocenters. The number of amides is 1. The van der Waals surface area contributed by atoms with E-state index >= 15 is 0 Å². The fourth-order valence-electron chi connectivity index (χ4n) is 1.91. The van der Waals surface area contributed by atoms with Gasteiger partial charge in [-0.05, 0) is 29.8 Å². The monoisotopic (exact) mass is 296 g/mol. The molecule has 22 heavy (non-hydrogen) atoms. The van der Waals surface area contributed by atoms with Gasteiger partial charge in [0.25, 0.3) is 5.91 Å². The summed E-state index contributed by atoms with van der Waals surface area (Å²) in [6.45, 7) is 0.303. The van der Waals surface area contributed by atoms with Crippen molar-refractivity contribution in [3.05, 3.63) is 70.7 Å². The van der Waals surface area contributed by atoms with Crippen molar-refractivity contribution >= 4 is 5.91 Å². The van der Waals surface area contributed by atoms with Crippen molar-refractivity contribution in [1.29, 1.82) is 0 Å². The number of carbonyl (C=O) groups is 1. The maximum atomic E-state index is 12.1. The third kappa shape index (κ3) is 3.09. The van der Waals surface area contributed by atoms with Crippen LogP contribution >= 0.6 is 0 Å². The van der Waals surface area contributed by atoms with Gasteiger partial charge in [-0.1, -0.05) is 6.07 Å². The normalized spacial score (nSPS) is 10.4. The Kier molecular flexibility index (Phi) is 3.78. The van der Waals surface area contributed by atoms with Crippen molar-refractivity contribution in [2.24, 2.45) is 0 Å². The Labute approximate surface area is 125 Å². The van der Waals surface area contributed by atoms with Crippen LogP contribution < -0.4 is 11.0 Å². The van der Waals surface area contributed by atoms with Gasteiger partial charge in [0.15, 0.2) is 0 Å². The molecule has 0 spiro atoms. The lowest BCUT2D eigenvalue weighted by atomic mass is 10.2. The summed E-state index contributed by atoms with van der Waals surface area (Å²) in [5.41, 5.74) is 0.669. The highest BCUT2D eigenvalue weighted by molar-refractivity contribution is 5.92. The Morgan fingerprint density at radius 2 is 2.23 bits per heavy atom. The minimum atomic E-state index is -0.611. The summed E-state index contributed by atoms with van der Waals surface area (Å²) in [7, 11) is 0. The number of hydrogen-bond acceptors (Lipinski definition) is 5. The Morgan fingerprint density at radius 1 is 1.32 bits per heavy atom. The maximum Gasteiger partial charge on any atom is 0.346 e. The highest BCUT2D eigenvalue weighted by Crippen LogP contribution is 2.16. The second-order valence-corrected chi connectivity index (χ2v) is 4.51. The average Bonchev–Trinajstić information content (AvgIpc) is 3.07. The molecule has 7 heteroatoms. The van der Waals surface area contributed by atoms with Crippen molar-refractivity contribution in [2.75, 3.05) is 0 Å². The molecule has 2 N–H and O–H groups in total. The Hall–Kier alpha value is -3.22. The molecule has 0 unspecified atom stereocenters. The Bertz CT molecular complexity index is 826. The highest BCUT2D eigenvalue weighted by atomic mass is 16.3. The van der Waals surface area contributed by atoms with Gasteiger partial charge in [0.2, 0.25) is 0 Å². The first kappa shape index (κ1) is 13.7. The van der Waals surface area contributed by atoms with Crippen molar-refractivity contribution in [1.82, 2.24) is 20.3 Å². The van der Waals surface area contributed by atoms with Crippen LogP contribution in [0.4, 0.5) is 0 Å². The van der Waals surface area contributed by atoms with Crippen LogP contribution in [0.25, 0.3) is 11.5 Å². The van der Waals surface area contributed by atoms with E-state index in [1.807, 2.05) is 6.07 Å². The van der Waals surface area contributed by atoms with E-state index < -0.39 is 11.6 Å². The Balaban J connectivity index is 1.79. The Morgan fingerprint density at radius 3 is 2.95 bits per heavy atom. The molecule has 3 aromatic rings. The lowest BCUT2D eigenvalue weighted by Gasteiger charge is -2.05. The number of furan rings is 1. The molecule has 0 bridgehead atoms. The number of aromatic nitrogens is 3. The van der Waals surface area contributed by atoms with Crippen molar-refractivity contribution in [3.63, 3.8) is 0 Å². The molecule has 3 heterocycles. The molecule has 0 aliphatic heterocycles. The minimum absolute atomic E-state index is 0.0269. The number of aromatic amines is 1. The lowest BCUT2D eigenvalue weighted by molar-refractivity contribution is 0.0945. The number of hydrogen-bond donors (Lipinski definition) is 2. The number of pyridine rings is 1. The second kappa shape index (κ2) is 6.04. The predicted octanol–water partition coefficient (Wildman–Crippen LogP) is 1.35. The summed E-state index contributed by atoms with van der Waals surface area (Å²) in [4.78, 5) is 33.9. The fourth-order valence-corrected chi connectivity index (χ4v) is 1.91. The van der Waals surface area contributed by atoms with Gasteiger partial charge >= 0.3 is 5.69 Å². The summed E-state index contributed by atoms with van der Waals surface area (Å²) in [5, 5.41) is 2.69. The molecule has 0 aliphatic rings. The molecule has 3 aromatic heterocycles. The molecule has 1 amide bonds. The lowest BCUT2D eigenvalue weighted by Crippen LogP contribution is -2.27. The summed E-state index contributed by atoms with van der Waals surface area (Å²) in [6.07, 6.45) is 4.79. The van der Waals surface area contributed by atoms with Crippen molar-refractivity contribution < 1.29 is 9.21 Å². The van der Waals surface area contributed by atoms with Crippen LogP contribution in [0.15, 0.2) is 58.2 Å². The van der Waals surface area contributed by atoms with E-state index in [4.69, 9.17) is 4.42 Å². The minimum Gasteiger partial charge on any atom is -0.463 e. The maximum absolute atomic E-state index is 12.1. The molecule has 0 aromatic carbocycles. The molecule has 0 saturated heterocycles.